The quantitative estimate of drug-likeness (QED) is 0.577. The lowest BCUT2D eigenvalue weighted by molar-refractivity contribution is 0.0989. The van der Waals surface area contributed by atoms with E-state index in [-0.39, 0.29) is 5.78 Å². The first-order chi connectivity index (χ1) is 9.08. The first-order valence-electron chi connectivity index (χ1n) is 7.12. The zero-order valence-electron chi connectivity index (χ0n) is 12.6. The minimum atomic E-state index is 0.178. The van der Waals surface area contributed by atoms with Crippen LogP contribution in [-0.2, 0) is 0 Å². The van der Waals surface area contributed by atoms with E-state index in [0.29, 0.717) is 6.54 Å². The third kappa shape index (κ3) is 5.13. The Labute approximate surface area is 117 Å². The molecule has 0 aliphatic rings. The Bertz CT molecular complexity index is 411. The average Bonchev–Trinajstić information content (AvgIpc) is 2.38. The van der Waals surface area contributed by atoms with E-state index >= 15 is 0 Å². The van der Waals surface area contributed by atoms with Gasteiger partial charge in [-0.25, -0.2) is 0 Å². The Balaban J connectivity index is 2.39. The van der Waals surface area contributed by atoms with Crippen molar-refractivity contribution in [3.8, 4) is 0 Å². The molecule has 0 aliphatic heterocycles. The summed E-state index contributed by atoms with van der Waals surface area (Å²) in [5.74, 6) is 0.178. The molecule has 1 aromatic rings. The lowest BCUT2D eigenvalue weighted by Gasteiger charge is -2.17. The van der Waals surface area contributed by atoms with Gasteiger partial charge in [-0.2, -0.15) is 0 Å². The molecule has 0 heterocycles. The van der Waals surface area contributed by atoms with Gasteiger partial charge < -0.3 is 10.2 Å². The summed E-state index contributed by atoms with van der Waals surface area (Å²) in [6.07, 6.45) is 0. The first-order valence-corrected chi connectivity index (χ1v) is 7.12. The number of carbonyl (C=O) groups is 1. The summed E-state index contributed by atoms with van der Waals surface area (Å²) in [6, 6.07) is 5.98. The maximum absolute atomic E-state index is 12.1. The van der Waals surface area contributed by atoms with Crippen molar-refractivity contribution in [2.75, 3.05) is 32.7 Å². The number of benzene rings is 1. The van der Waals surface area contributed by atoms with Gasteiger partial charge in [0.1, 0.15) is 0 Å². The molecule has 0 aromatic heterocycles. The van der Waals surface area contributed by atoms with Crippen LogP contribution >= 0.6 is 0 Å². The van der Waals surface area contributed by atoms with E-state index < -0.39 is 0 Å². The van der Waals surface area contributed by atoms with E-state index in [1.54, 1.807) is 0 Å². The van der Waals surface area contributed by atoms with Crippen LogP contribution in [-0.4, -0.2) is 43.4 Å². The van der Waals surface area contributed by atoms with Crippen LogP contribution in [0.5, 0.6) is 0 Å². The number of rotatable bonds is 8. The van der Waals surface area contributed by atoms with Crippen molar-refractivity contribution in [1.82, 2.24) is 10.2 Å². The van der Waals surface area contributed by atoms with Gasteiger partial charge in [-0.1, -0.05) is 37.6 Å². The predicted octanol–water partition coefficient (Wildman–Crippen LogP) is 2.42. The normalized spacial score (nSPS) is 11.0. The largest absolute Gasteiger partial charge is 0.308 e. The smallest absolute Gasteiger partial charge is 0.176 e. The van der Waals surface area contributed by atoms with Crippen molar-refractivity contribution in [2.24, 2.45) is 0 Å². The van der Waals surface area contributed by atoms with Crippen LogP contribution < -0.4 is 5.32 Å². The number of carbonyl (C=O) groups excluding carboxylic acids is 1. The highest BCUT2D eigenvalue weighted by atomic mass is 16.1. The number of ketones is 1. The van der Waals surface area contributed by atoms with Crippen LogP contribution in [0.25, 0.3) is 0 Å². The zero-order valence-corrected chi connectivity index (χ0v) is 12.6. The highest BCUT2D eigenvalue weighted by Crippen LogP contribution is 2.10. The highest BCUT2D eigenvalue weighted by molar-refractivity contribution is 5.98. The van der Waals surface area contributed by atoms with E-state index in [2.05, 4.69) is 30.1 Å². The molecule has 0 amide bonds. The van der Waals surface area contributed by atoms with Crippen molar-refractivity contribution in [2.45, 2.75) is 27.7 Å². The first kappa shape index (κ1) is 15.9. The lowest BCUT2D eigenvalue weighted by atomic mass is 10.0. The predicted molar refractivity (Wildman–Crippen MR) is 80.9 cm³/mol. The molecule has 1 N–H and O–H groups in total. The van der Waals surface area contributed by atoms with Crippen LogP contribution in [0.15, 0.2) is 18.2 Å². The van der Waals surface area contributed by atoms with Crippen molar-refractivity contribution in [3.63, 3.8) is 0 Å². The fourth-order valence-corrected chi connectivity index (χ4v) is 2.20. The fourth-order valence-electron chi connectivity index (χ4n) is 2.20. The highest BCUT2D eigenvalue weighted by Gasteiger charge is 2.08. The second kappa shape index (κ2) is 8.08. The average molecular weight is 262 g/mol. The SMILES string of the molecule is CCN(CC)CCNCC(=O)c1ccc(C)cc1C. The molecule has 0 aliphatic carbocycles. The zero-order chi connectivity index (χ0) is 14.3. The minimum Gasteiger partial charge on any atom is -0.308 e. The second-order valence-corrected chi connectivity index (χ2v) is 4.95. The molecular weight excluding hydrogens is 236 g/mol. The molecule has 0 radical (unpaired) electrons. The number of nitrogens with zero attached hydrogens (tertiary/aromatic N) is 1. The molecule has 0 spiro atoms. The molecule has 0 atom stereocenters. The Hall–Kier alpha value is -1.19. The van der Waals surface area contributed by atoms with Crippen molar-refractivity contribution >= 4 is 5.78 Å². The Morgan fingerprint density at radius 2 is 1.89 bits per heavy atom. The van der Waals surface area contributed by atoms with Gasteiger partial charge in [-0.15, -0.1) is 0 Å². The molecule has 1 aromatic carbocycles. The molecular formula is C16H26N2O. The molecule has 3 nitrogen and oxygen atoms in total. The van der Waals surface area contributed by atoms with Crippen LogP contribution in [0.2, 0.25) is 0 Å². The second-order valence-electron chi connectivity index (χ2n) is 4.95. The molecule has 0 unspecified atom stereocenters. The molecule has 1 rings (SSSR count). The summed E-state index contributed by atoms with van der Waals surface area (Å²) in [7, 11) is 0. The summed E-state index contributed by atoms with van der Waals surface area (Å²) in [4.78, 5) is 14.4. The van der Waals surface area contributed by atoms with E-state index in [4.69, 9.17) is 0 Å². The van der Waals surface area contributed by atoms with Gasteiger partial charge in [0.05, 0.1) is 6.54 Å². The molecule has 3 heteroatoms. The Morgan fingerprint density at radius 1 is 1.21 bits per heavy atom. The summed E-state index contributed by atoms with van der Waals surface area (Å²) < 4.78 is 0. The number of nitrogens with one attached hydrogen (secondary N) is 1. The monoisotopic (exact) mass is 262 g/mol. The van der Waals surface area contributed by atoms with Crippen LogP contribution in [0, 0.1) is 13.8 Å². The number of hydrogen-bond donors (Lipinski definition) is 1. The van der Waals surface area contributed by atoms with Gasteiger partial charge in [-0.05, 0) is 32.5 Å². The van der Waals surface area contributed by atoms with Gasteiger partial charge in [0, 0.05) is 18.7 Å². The summed E-state index contributed by atoms with van der Waals surface area (Å²) >= 11 is 0. The molecule has 19 heavy (non-hydrogen) atoms. The van der Waals surface area contributed by atoms with Gasteiger partial charge in [-0.3, -0.25) is 4.79 Å². The third-order valence-electron chi connectivity index (χ3n) is 3.47. The summed E-state index contributed by atoms with van der Waals surface area (Å²) in [6.45, 7) is 12.7. The number of hydrogen-bond acceptors (Lipinski definition) is 3. The topological polar surface area (TPSA) is 32.3 Å². The molecule has 0 saturated heterocycles. The Morgan fingerprint density at radius 3 is 2.47 bits per heavy atom. The van der Waals surface area contributed by atoms with E-state index in [9.17, 15) is 4.79 Å². The standard InChI is InChI=1S/C16H26N2O/c1-5-18(6-2)10-9-17-12-16(19)15-8-7-13(3)11-14(15)4/h7-8,11,17H,5-6,9-10,12H2,1-4H3. The van der Waals surface area contributed by atoms with E-state index in [1.165, 1.54) is 5.56 Å². The van der Waals surface area contributed by atoms with Crippen LogP contribution in [0.4, 0.5) is 0 Å². The van der Waals surface area contributed by atoms with Crippen molar-refractivity contribution in [3.05, 3.63) is 34.9 Å². The van der Waals surface area contributed by atoms with E-state index in [0.717, 1.165) is 37.3 Å². The number of likely N-dealkylation sites (N-methyl/N-ethyl adjacent to an activating group) is 1. The summed E-state index contributed by atoms with van der Waals surface area (Å²) in [5.41, 5.74) is 3.10. The van der Waals surface area contributed by atoms with Crippen molar-refractivity contribution in [1.29, 1.82) is 0 Å². The number of Topliss-reactive ketones (excluding diaryl/α,β-unsaturated/α-hetero) is 1. The van der Waals surface area contributed by atoms with Gasteiger partial charge in [0.15, 0.2) is 5.78 Å². The van der Waals surface area contributed by atoms with Gasteiger partial charge >= 0.3 is 0 Å². The molecule has 0 fully saturated rings. The molecule has 0 bridgehead atoms. The third-order valence-corrected chi connectivity index (χ3v) is 3.47. The number of aryl methyl sites for hydroxylation is 2. The van der Waals surface area contributed by atoms with Gasteiger partial charge in [0.25, 0.3) is 0 Å². The lowest BCUT2D eigenvalue weighted by Crippen LogP contribution is -2.34. The minimum absolute atomic E-state index is 0.178. The van der Waals surface area contributed by atoms with Gasteiger partial charge in [0.2, 0.25) is 0 Å². The maximum Gasteiger partial charge on any atom is 0.176 e. The van der Waals surface area contributed by atoms with Crippen molar-refractivity contribution < 1.29 is 4.79 Å². The van der Waals surface area contributed by atoms with Crippen LogP contribution in [0.3, 0.4) is 0 Å². The van der Waals surface area contributed by atoms with Crippen LogP contribution in [0.1, 0.15) is 35.3 Å². The maximum atomic E-state index is 12.1. The summed E-state index contributed by atoms with van der Waals surface area (Å²) in [5, 5.41) is 3.23. The fraction of sp³-hybridized carbons (Fsp3) is 0.562. The molecule has 0 saturated carbocycles. The molecule has 106 valence electrons. The van der Waals surface area contributed by atoms with E-state index in [1.807, 2.05) is 26.0 Å². The Kier molecular flexibility index (Phi) is 6.74.